The molecule has 0 bridgehead atoms. The number of hydrogen-bond donors (Lipinski definition) is 0. The molecule has 1 aromatic carbocycles. The Bertz CT molecular complexity index is 1150. The maximum absolute atomic E-state index is 14.2. The molecule has 0 N–H and O–H groups in total. The predicted octanol–water partition coefficient (Wildman–Crippen LogP) is 2.82. The molecule has 0 unspecified atom stereocenters. The topological polar surface area (TPSA) is 84.0 Å². The van der Waals surface area contributed by atoms with Crippen molar-refractivity contribution < 1.29 is 9.13 Å². The van der Waals surface area contributed by atoms with E-state index >= 15 is 0 Å². The third-order valence-corrected chi connectivity index (χ3v) is 5.13. The van der Waals surface area contributed by atoms with Gasteiger partial charge in [-0.2, -0.15) is 5.26 Å². The molecule has 0 spiro atoms. The lowest BCUT2D eigenvalue weighted by atomic mass is 10.1. The van der Waals surface area contributed by atoms with Gasteiger partial charge in [0.2, 0.25) is 5.95 Å². The van der Waals surface area contributed by atoms with Crippen LogP contribution in [0.3, 0.4) is 0 Å². The van der Waals surface area contributed by atoms with Crippen molar-refractivity contribution in [3.8, 4) is 17.3 Å². The number of hydrogen-bond acceptors (Lipinski definition) is 6. The maximum Gasteiger partial charge on any atom is 0.255 e. The van der Waals surface area contributed by atoms with Gasteiger partial charge in [0, 0.05) is 38.0 Å². The second kappa shape index (κ2) is 8.43. The smallest absolute Gasteiger partial charge is 0.255 e. The monoisotopic (exact) mass is 405 g/mol. The highest BCUT2D eigenvalue weighted by atomic mass is 19.1. The minimum Gasteiger partial charge on any atom is -0.372 e. The van der Waals surface area contributed by atoms with Crippen molar-refractivity contribution in [3.63, 3.8) is 0 Å². The summed E-state index contributed by atoms with van der Waals surface area (Å²) in [6.07, 6.45) is 3.10. The highest BCUT2D eigenvalue weighted by Crippen LogP contribution is 2.26. The van der Waals surface area contributed by atoms with Crippen molar-refractivity contribution in [1.29, 1.82) is 5.26 Å². The maximum atomic E-state index is 14.2. The fourth-order valence-electron chi connectivity index (χ4n) is 3.51. The number of anilines is 1. The number of nitriles is 1. The molecule has 0 saturated carbocycles. The average molecular weight is 405 g/mol. The highest BCUT2D eigenvalue weighted by molar-refractivity contribution is 5.60. The molecule has 1 fully saturated rings. The van der Waals surface area contributed by atoms with Crippen LogP contribution >= 0.6 is 0 Å². The van der Waals surface area contributed by atoms with E-state index in [1.807, 2.05) is 17.0 Å². The van der Waals surface area contributed by atoms with E-state index in [0.29, 0.717) is 31.2 Å². The van der Waals surface area contributed by atoms with Crippen molar-refractivity contribution in [2.45, 2.75) is 12.5 Å². The summed E-state index contributed by atoms with van der Waals surface area (Å²) in [4.78, 5) is 22.9. The molecule has 0 radical (unpaired) electrons. The van der Waals surface area contributed by atoms with Crippen LogP contribution in [0.15, 0.2) is 53.6 Å². The van der Waals surface area contributed by atoms with E-state index in [1.54, 1.807) is 19.2 Å². The summed E-state index contributed by atoms with van der Waals surface area (Å²) in [6, 6.07) is 12.2. The number of nitrogens with zero attached hydrogens (tertiary/aromatic N) is 5. The van der Waals surface area contributed by atoms with Crippen LogP contribution < -0.4 is 10.5 Å². The SMILES string of the molecule is Cn1c(N2CCCO[C@@H](c3ccc(C#N)cc3)C2)nc(-c2ccncc2F)cc1=O. The Balaban J connectivity index is 1.70. The molecule has 8 heteroatoms. The summed E-state index contributed by atoms with van der Waals surface area (Å²) in [5.74, 6) is -0.0725. The van der Waals surface area contributed by atoms with Crippen LogP contribution in [0.1, 0.15) is 23.7 Å². The fourth-order valence-corrected chi connectivity index (χ4v) is 3.51. The van der Waals surface area contributed by atoms with Crippen LogP contribution in [0, 0.1) is 17.1 Å². The number of ether oxygens (including phenoxy) is 1. The Kier molecular flexibility index (Phi) is 5.55. The highest BCUT2D eigenvalue weighted by Gasteiger charge is 2.24. The van der Waals surface area contributed by atoms with Crippen molar-refractivity contribution in [3.05, 3.63) is 76.1 Å². The van der Waals surface area contributed by atoms with Crippen LogP contribution in [0.5, 0.6) is 0 Å². The standard InChI is InChI=1S/C22H20FN5O2/c1-27-21(29)11-19(17-7-8-25-13-18(17)23)26-22(27)28-9-2-10-30-20(14-28)16-5-3-15(12-24)4-6-16/h3-8,11,13,20H,2,9-10,14H2,1H3/t20-/m1/s1. The van der Waals surface area contributed by atoms with E-state index in [9.17, 15) is 9.18 Å². The van der Waals surface area contributed by atoms with Crippen LogP contribution in [-0.4, -0.2) is 34.2 Å². The molecule has 7 nitrogen and oxygen atoms in total. The summed E-state index contributed by atoms with van der Waals surface area (Å²) in [5.41, 5.74) is 1.76. The third-order valence-electron chi connectivity index (χ3n) is 5.13. The van der Waals surface area contributed by atoms with Gasteiger partial charge in [-0.05, 0) is 30.2 Å². The molecule has 3 heterocycles. The zero-order valence-electron chi connectivity index (χ0n) is 16.5. The number of pyridine rings is 1. The number of aromatic nitrogens is 3. The van der Waals surface area contributed by atoms with Gasteiger partial charge < -0.3 is 9.64 Å². The van der Waals surface area contributed by atoms with Gasteiger partial charge in [-0.15, -0.1) is 0 Å². The van der Waals surface area contributed by atoms with Gasteiger partial charge in [0.1, 0.15) is 6.10 Å². The lowest BCUT2D eigenvalue weighted by Crippen LogP contribution is -2.34. The van der Waals surface area contributed by atoms with Crippen molar-refractivity contribution >= 4 is 5.95 Å². The Morgan fingerprint density at radius 2 is 2.07 bits per heavy atom. The van der Waals surface area contributed by atoms with Crippen molar-refractivity contribution in [2.75, 3.05) is 24.6 Å². The van der Waals surface area contributed by atoms with Gasteiger partial charge in [0.15, 0.2) is 5.82 Å². The molecule has 4 rings (SSSR count). The number of rotatable bonds is 3. The molecule has 0 aliphatic carbocycles. The summed E-state index contributed by atoms with van der Waals surface area (Å²) >= 11 is 0. The lowest BCUT2D eigenvalue weighted by Gasteiger charge is -2.26. The lowest BCUT2D eigenvalue weighted by molar-refractivity contribution is 0.0685. The molecule has 1 aliphatic heterocycles. The summed E-state index contributed by atoms with van der Waals surface area (Å²) < 4.78 is 21.7. The van der Waals surface area contributed by atoms with Gasteiger partial charge >= 0.3 is 0 Å². The first-order chi connectivity index (χ1) is 14.6. The van der Waals surface area contributed by atoms with E-state index in [-0.39, 0.29) is 22.9 Å². The normalized spacial score (nSPS) is 16.7. The predicted molar refractivity (Wildman–Crippen MR) is 109 cm³/mol. The largest absolute Gasteiger partial charge is 0.372 e. The molecule has 1 atom stereocenters. The number of benzene rings is 1. The molecule has 0 amide bonds. The second-order valence-electron chi connectivity index (χ2n) is 7.09. The van der Waals surface area contributed by atoms with Gasteiger partial charge in [-0.1, -0.05) is 12.1 Å². The minimum atomic E-state index is -0.529. The van der Waals surface area contributed by atoms with E-state index < -0.39 is 5.82 Å². The average Bonchev–Trinajstić information content (AvgIpc) is 3.02. The molecule has 3 aromatic rings. The Labute approximate surface area is 173 Å². The zero-order chi connectivity index (χ0) is 21.1. The van der Waals surface area contributed by atoms with Crippen LogP contribution in [0.25, 0.3) is 11.3 Å². The molecule has 152 valence electrons. The summed E-state index contributed by atoms with van der Waals surface area (Å²) in [7, 11) is 1.65. The Morgan fingerprint density at radius 3 is 2.80 bits per heavy atom. The van der Waals surface area contributed by atoms with Gasteiger partial charge in [0.25, 0.3) is 5.56 Å². The second-order valence-corrected chi connectivity index (χ2v) is 7.09. The molecular formula is C22H20FN5O2. The Hall–Kier alpha value is -3.57. The van der Waals surface area contributed by atoms with Gasteiger partial charge in [-0.3, -0.25) is 14.3 Å². The van der Waals surface area contributed by atoms with Crippen LogP contribution in [0.4, 0.5) is 10.3 Å². The van der Waals surface area contributed by atoms with Crippen molar-refractivity contribution in [2.24, 2.45) is 7.05 Å². The quantitative estimate of drug-likeness (QED) is 0.666. The van der Waals surface area contributed by atoms with E-state index in [1.165, 1.54) is 22.9 Å². The Morgan fingerprint density at radius 1 is 1.27 bits per heavy atom. The van der Waals surface area contributed by atoms with Crippen LogP contribution in [-0.2, 0) is 11.8 Å². The fraction of sp³-hybridized carbons (Fsp3) is 0.273. The van der Waals surface area contributed by atoms with E-state index in [2.05, 4.69) is 16.0 Å². The number of halogens is 1. The van der Waals surface area contributed by atoms with Crippen LogP contribution in [0.2, 0.25) is 0 Å². The molecular weight excluding hydrogens is 385 g/mol. The van der Waals surface area contributed by atoms with E-state index in [4.69, 9.17) is 10.00 Å². The molecule has 1 aliphatic rings. The first-order valence-corrected chi connectivity index (χ1v) is 9.61. The molecule has 30 heavy (non-hydrogen) atoms. The first kappa shape index (κ1) is 19.7. The minimum absolute atomic E-state index is 0.235. The molecule has 1 saturated heterocycles. The van der Waals surface area contributed by atoms with Gasteiger partial charge in [-0.25, -0.2) is 9.37 Å². The first-order valence-electron chi connectivity index (χ1n) is 9.61. The van der Waals surface area contributed by atoms with Crippen molar-refractivity contribution in [1.82, 2.24) is 14.5 Å². The zero-order valence-corrected chi connectivity index (χ0v) is 16.5. The third kappa shape index (κ3) is 3.93. The van der Waals surface area contributed by atoms with E-state index in [0.717, 1.165) is 18.2 Å². The summed E-state index contributed by atoms with van der Waals surface area (Å²) in [5, 5.41) is 9.01. The summed E-state index contributed by atoms with van der Waals surface area (Å²) in [6.45, 7) is 1.69. The van der Waals surface area contributed by atoms with Gasteiger partial charge in [0.05, 0.1) is 30.1 Å². The molecule has 2 aromatic heterocycles.